The third-order valence-corrected chi connectivity index (χ3v) is 5.03. The van der Waals surface area contributed by atoms with Crippen LogP contribution in [-0.2, 0) is 14.3 Å². The molecule has 7 nitrogen and oxygen atoms in total. The van der Waals surface area contributed by atoms with E-state index in [-0.39, 0.29) is 25.5 Å². The van der Waals surface area contributed by atoms with Crippen LogP contribution in [0.5, 0.6) is 0 Å². The van der Waals surface area contributed by atoms with Crippen LogP contribution in [0.1, 0.15) is 52.5 Å². The van der Waals surface area contributed by atoms with Crippen molar-refractivity contribution in [2.45, 2.75) is 33.1 Å². The fourth-order valence-electron chi connectivity index (χ4n) is 3.53. The summed E-state index contributed by atoms with van der Waals surface area (Å²) < 4.78 is 5.04. The molecule has 144 valence electrons. The Morgan fingerprint density at radius 1 is 1.19 bits per heavy atom. The normalized spacial score (nSPS) is 19.3. The molecule has 0 spiro atoms. The van der Waals surface area contributed by atoms with E-state index in [1.165, 1.54) is 0 Å². The maximum absolute atomic E-state index is 12.4. The van der Waals surface area contributed by atoms with Crippen molar-refractivity contribution in [3.63, 3.8) is 0 Å². The Kier molecular flexibility index (Phi) is 5.58. The van der Waals surface area contributed by atoms with E-state index < -0.39 is 17.8 Å². The molecule has 27 heavy (non-hydrogen) atoms. The van der Waals surface area contributed by atoms with Crippen LogP contribution >= 0.6 is 0 Å². The molecule has 1 aromatic rings. The van der Waals surface area contributed by atoms with Gasteiger partial charge in [-0.1, -0.05) is 18.6 Å². The number of fused-ring (bicyclic) bond motifs is 1. The molecule has 2 heterocycles. The van der Waals surface area contributed by atoms with Gasteiger partial charge in [0.25, 0.3) is 17.7 Å². The van der Waals surface area contributed by atoms with Crippen molar-refractivity contribution in [1.82, 2.24) is 9.80 Å². The van der Waals surface area contributed by atoms with Crippen molar-refractivity contribution in [1.29, 1.82) is 0 Å². The zero-order chi connectivity index (χ0) is 19.6. The Balaban J connectivity index is 1.48. The number of carbonyl (C=O) groups excluding carboxylic acids is 4. The van der Waals surface area contributed by atoms with Gasteiger partial charge in [0.15, 0.2) is 6.61 Å². The number of nitrogens with zero attached hydrogens (tertiary/aromatic N) is 2. The second-order valence-electron chi connectivity index (χ2n) is 7.31. The zero-order valence-corrected chi connectivity index (χ0v) is 15.7. The Morgan fingerprint density at radius 3 is 2.67 bits per heavy atom. The quantitative estimate of drug-likeness (QED) is 0.581. The standard InChI is InChI=1S/C20H24N2O5/c1-13-5-6-15-16(10-13)20(26)22(19(15)25)9-7-18(24)27-12-17(23)21-8-3-4-14(2)11-21/h5-6,10,14H,3-4,7-9,11-12H2,1-2H3. The van der Waals surface area contributed by atoms with Gasteiger partial charge >= 0.3 is 5.97 Å². The van der Waals surface area contributed by atoms with E-state index in [1.54, 1.807) is 23.1 Å². The number of benzene rings is 1. The number of esters is 1. The minimum Gasteiger partial charge on any atom is -0.456 e. The monoisotopic (exact) mass is 372 g/mol. The average Bonchev–Trinajstić information content (AvgIpc) is 2.88. The molecule has 1 atom stereocenters. The highest BCUT2D eigenvalue weighted by Crippen LogP contribution is 2.24. The first-order valence-electron chi connectivity index (χ1n) is 9.27. The zero-order valence-electron chi connectivity index (χ0n) is 15.7. The first-order valence-corrected chi connectivity index (χ1v) is 9.27. The smallest absolute Gasteiger partial charge is 0.308 e. The van der Waals surface area contributed by atoms with Crippen molar-refractivity contribution < 1.29 is 23.9 Å². The molecular weight excluding hydrogens is 348 g/mol. The molecule has 0 bridgehead atoms. The number of amides is 3. The van der Waals surface area contributed by atoms with Crippen molar-refractivity contribution in [2.24, 2.45) is 5.92 Å². The molecule has 1 saturated heterocycles. The highest BCUT2D eigenvalue weighted by Gasteiger charge is 2.35. The van der Waals surface area contributed by atoms with Gasteiger partial charge in [-0.2, -0.15) is 0 Å². The van der Waals surface area contributed by atoms with E-state index in [2.05, 4.69) is 6.92 Å². The molecular formula is C20H24N2O5. The molecule has 3 amide bonds. The van der Waals surface area contributed by atoms with Gasteiger partial charge in [0.05, 0.1) is 17.5 Å². The first-order chi connectivity index (χ1) is 12.9. The molecule has 7 heteroatoms. The largest absolute Gasteiger partial charge is 0.456 e. The summed E-state index contributed by atoms with van der Waals surface area (Å²) in [6.45, 7) is 4.96. The molecule has 2 aliphatic heterocycles. The maximum atomic E-state index is 12.4. The van der Waals surface area contributed by atoms with Crippen LogP contribution in [0.15, 0.2) is 18.2 Å². The highest BCUT2D eigenvalue weighted by molar-refractivity contribution is 6.21. The Bertz CT molecular complexity index is 789. The molecule has 0 saturated carbocycles. The van der Waals surface area contributed by atoms with Crippen LogP contribution in [0.25, 0.3) is 0 Å². The van der Waals surface area contributed by atoms with E-state index in [9.17, 15) is 19.2 Å². The van der Waals surface area contributed by atoms with E-state index in [0.29, 0.717) is 30.1 Å². The molecule has 1 unspecified atom stereocenters. The molecule has 0 aliphatic carbocycles. The van der Waals surface area contributed by atoms with E-state index >= 15 is 0 Å². The molecule has 0 radical (unpaired) electrons. The lowest BCUT2D eigenvalue weighted by molar-refractivity contribution is -0.152. The minimum atomic E-state index is -0.596. The number of ether oxygens (including phenoxy) is 1. The lowest BCUT2D eigenvalue weighted by Gasteiger charge is -2.30. The number of carbonyl (C=O) groups is 4. The number of rotatable bonds is 5. The summed E-state index contributed by atoms with van der Waals surface area (Å²) in [4.78, 5) is 51.5. The van der Waals surface area contributed by atoms with Crippen LogP contribution in [0.3, 0.4) is 0 Å². The SMILES string of the molecule is Cc1ccc2c(c1)C(=O)N(CCC(=O)OCC(=O)N1CCCC(C)C1)C2=O. The van der Waals surface area contributed by atoms with Crippen LogP contribution < -0.4 is 0 Å². The summed E-state index contributed by atoms with van der Waals surface area (Å²) in [6, 6.07) is 5.07. The molecule has 1 aromatic carbocycles. The van der Waals surface area contributed by atoms with Gasteiger partial charge in [0.2, 0.25) is 0 Å². The maximum Gasteiger partial charge on any atom is 0.308 e. The third kappa shape index (κ3) is 4.18. The Morgan fingerprint density at radius 2 is 1.93 bits per heavy atom. The van der Waals surface area contributed by atoms with Gasteiger partial charge in [-0.25, -0.2) is 0 Å². The fourth-order valence-corrected chi connectivity index (χ4v) is 3.53. The molecule has 0 N–H and O–H groups in total. The molecule has 1 fully saturated rings. The summed E-state index contributed by atoms with van der Waals surface area (Å²) in [6.07, 6.45) is 1.93. The number of hydrogen-bond acceptors (Lipinski definition) is 5. The van der Waals surface area contributed by atoms with Gasteiger partial charge in [-0.3, -0.25) is 24.1 Å². The number of imide groups is 1. The summed E-state index contributed by atoms with van der Waals surface area (Å²) in [7, 11) is 0. The Labute approximate surface area is 158 Å². The predicted octanol–water partition coefficient (Wildman–Crippen LogP) is 1.78. The van der Waals surface area contributed by atoms with Gasteiger partial charge < -0.3 is 9.64 Å². The first kappa shape index (κ1) is 19.1. The number of likely N-dealkylation sites (tertiary alicyclic amines) is 1. The highest BCUT2D eigenvalue weighted by atomic mass is 16.5. The van der Waals surface area contributed by atoms with Gasteiger partial charge in [0.1, 0.15) is 0 Å². The number of aryl methyl sites for hydroxylation is 1. The summed E-state index contributed by atoms with van der Waals surface area (Å²) in [5.74, 6) is -1.14. The molecule has 2 aliphatic rings. The minimum absolute atomic E-state index is 0.0564. The van der Waals surface area contributed by atoms with Gasteiger partial charge in [-0.05, 0) is 37.8 Å². The van der Waals surface area contributed by atoms with Crippen molar-refractivity contribution in [3.05, 3.63) is 34.9 Å². The molecule has 0 aromatic heterocycles. The van der Waals surface area contributed by atoms with E-state index in [1.807, 2.05) is 6.92 Å². The number of piperidine rings is 1. The summed E-state index contributed by atoms with van der Waals surface area (Å²) in [5, 5.41) is 0. The predicted molar refractivity (Wildman–Crippen MR) is 97.1 cm³/mol. The van der Waals surface area contributed by atoms with Crippen LogP contribution in [0.4, 0.5) is 0 Å². The fraction of sp³-hybridized carbons (Fsp3) is 0.500. The lowest BCUT2D eigenvalue weighted by atomic mass is 10.0. The second-order valence-corrected chi connectivity index (χ2v) is 7.31. The summed E-state index contributed by atoms with van der Waals surface area (Å²) in [5.41, 5.74) is 1.61. The molecule has 3 rings (SSSR count). The van der Waals surface area contributed by atoms with Crippen LogP contribution in [0, 0.1) is 12.8 Å². The van der Waals surface area contributed by atoms with Crippen LogP contribution in [-0.4, -0.2) is 59.7 Å². The van der Waals surface area contributed by atoms with Crippen molar-refractivity contribution >= 4 is 23.7 Å². The third-order valence-electron chi connectivity index (χ3n) is 5.03. The van der Waals surface area contributed by atoms with Crippen molar-refractivity contribution in [2.75, 3.05) is 26.2 Å². The van der Waals surface area contributed by atoms with E-state index in [4.69, 9.17) is 4.74 Å². The Hall–Kier alpha value is -2.70. The second kappa shape index (κ2) is 7.90. The van der Waals surface area contributed by atoms with Gasteiger partial charge in [0, 0.05) is 19.6 Å². The average molecular weight is 372 g/mol. The van der Waals surface area contributed by atoms with Gasteiger partial charge in [-0.15, -0.1) is 0 Å². The van der Waals surface area contributed by atoms with Crippen LogP contribution in [0.2, 0.25) is 0 Å². The number of hydrogen-bond donors (Lipinski definition) is 0. The van der Waals surface area contributed by atoms with Crippen molar-refractivity contribution in [3.8, 4) is 0 Å². The summed E-state index contributed by atoms with van der Waals surface area (Å²) >= 11 is 0. The topological polar surface area (TPSA) is 84.0 Å². The lowest BCUT2D eigenvalue weighted by Crippen LogP contribution is -2.41. The van der Waals surface area contributed by atoms with E-state index in [0.717, 1.165) is 23.3 Å².